The third kappa shape index (κ3) is 2.48. The largest absolute Gasteiger partial charge is 0.307 e. The smallest absolute Gasteiger partial charge is 0.0739 e. The highest BCUT2D eigenvalue weighted by molar-refractivity contribution is 5.35. The lowest BCUT2D eigenvalue weighted by molar-refractivity contribution is 0.221. The van der Waals surface area contributed by atoms with Crippen molar-refractivity contribution < 1.29 is 0 Å². The molecule has 0 saturated carbocycles. The summed E-state index contributed by atoms with van der Waals surface area (Å²) in [6, 6.07) is 0. The van der Waals surface area contributed by atoms with Gasteiger partial charge in [-0.25, -0.2) is 0 Å². The fourth-order valence-corrected chi connectivity index (χ4v) is 4.18. The van der Waals surface area contributed by atoms with E-state index < -0.39 is 0 Å². The van der Waals surface area contributed by atoms with Crippen LogP contribution in [0.25, 0.3) is 0 Å². The number of aromatic amines is 2. The van der Waals surface area contributed by atoms with Crippen LogP contribution in [-0.2, 0) is 37.0 Å². The van der Waals surface area contributed by atoms with Crippen LogP contribution in [0.4, 0.5) is 0 Å². The molecule has 130 valence electrons. The van der Waals surface area contributed by atoms with Crippen LogP contribution in [0.2, 0.25) is 0 Å². The number of nitrogens with one attached hydrogen (secondary N) is 3. The molecule has 4 rings (SSSR count). The predicted octanol–water partition coefficient (Wildman–Crippen LogP) is 2.33. The average molecular weight is 328 g/mol. The highest BCUT2D eigenvalue weighted by atomic mass is 15.2. The van der Waals surface area contributed by atoms with Crippen LogP contribution in [0.5, 0.6) is 0 Å². The van der Waals surface area contributed by atoms with E-state index in [0.29, 0.717) is 0 Å². The zero-order valence-corrected chi connectivity index (χ0v) is 15.4. The number of rotatable bonds is 3. The summed E-state index contributed by atoms with van der Waals surface area (Å²) in [6.07, 6.45) is 0. The van der Waals surface area contributed by atoms with E-state index in [-0.39, 0.29) is 10.8 Å². The summed E-state index contributed by atoms with van der Waals surface area (Å²) in [7, 11) is 0. The quantitative estimate of drug-likeness (QED) is 0.808. The SMILES string of the molecule is CC(C)(C)c1n[nH]c2c1CN(CC(C)(C)c1n[nH]c3c1CNC3)C2. The summed E-state index contributed by atoms with van der Waals surface area (Å²) in [5, 5.41) is 19.1. The fourth-order valence-electron chi connectivity index (χ4n) is 4.18. The van der Waals surface area contributed by atoms with Gasteiger partial charge in [-0.05, 0) is 0 Å². The first-order valence-corrected chi connectivity index (χ1v) is 8.82. The highest BCUT2D eigenvalue weighted by Gasteiger charge is 2.36. The molecule has 0 bridgehead atoms. The van der Waals surface area contributed by atoms with Gasteiger partial charge in [0.2, 0.25) is 0 Å². The Kier molecular flexibility index (Phi) is 3.41. The Balaban J connectivity index is 1.53. The van der Waals surface area contributed by atoms with E-state index in [1.807, 2.05) is 0 Å². The van der Waals surface area contributed by atoms with Crippen molar-refractivity contribution in [2.24, 2.45) is 0 Å². The lowest BCUT2D eigenvalue weighted by Gasteiger charge is -2.29. The molecular weight excluding hydrogens is 300 g/mol. The molecule has 0 aromatic carbocycles. The lowest BCUT2D eigenvalue weighted by atomic mass is 9.86. The molecule has 2 aromatic heterocycles. The van der Waals surface area contributed by atoms with Crippen LogP contribution in [0.1, 0.15) is 68.5 Å². The van der Waals surface area contributed by atoms with Crippen LogP contribution >= 0.6 is 0 Å². The van der Waals surface area contributed by atoms with Crippen molar-refractivity contribution in [1.82, 2.24) is 30.6 Å². The second kappa shape index (κ2) is 5.17. The molecule has 0 aliphatic carbocycles. The van der Waals surface area contributed by atoms with Crippen molar-refractivity contribution in [3.8, 4) is 0 Å². The van der Waals surface area contributed by atoms with E-state index in [4.69, 9.17) is 0 Å². The first kappa shape index (κ1) is 15.8. The zero-order chi connectivity index (χ0) is 17.1. The van der Waals surface area contributed by atoms with E-state index in [1.54, 1.807) is 0 Å². The van der Waals surface area contributed by atoms with Crippen molar-refractivity contribution in [3.63, 3.8) is 0 Å². The normalized spacial score (nSPS) is 18.2. The average Bonchev–Trinajstić information content (AvgIpc) is 3.13. The number of hydrogen-bond donors (Lipinski definition) is 3. The van der Waals surface area contributed by atoms with Gasteiger partial charge in [-0.2, -0.15) is 10.2 Å². The van der Waals surface area contributed by atoms with E-state index in [1.165, 1.54) is 33.9 Å². The summed E-state index contributed by atoms with van der Waals surface area (Å²) in [6.45, 7) is 16.1. The minimum absolute atomic E-state index is 0.0227. The Bertz CT molecular complexity index is 761. The molecule has 0 radical (unpaired) electrons. The van der Waals surface area contributed by atoms with Crippen molar-refractivity contribution in [2.45, 2.75) is 71.6 Å². The van der Waals surface area contributed by atoms with Gasteiger partial charge < -0.3 is 5.32 Å². The Morgan fingerprint density at radius 1 is 0.875 bits per heavy atom. The molecule has 4 heterocycles. The predicted molar refractivity (Wildman–Crippen MR) is 93.6 cm³/mol. The van der Waals surface area contributed by atoms with Crippen LogP contribution in [0.3, 0.4) is 0 Å². The van der Waals surface area contributed by atoms with Gasteiger partial charge in [0.15, 0.2) is 0 Å². The van der Waals surface area contributed by atoms with Gasteiger partial charge in [0.05, 0.1) is 22.8 Å². The monoisotopic (exact) mass is 328 g/mol. The second-order valence-electron chi connectivity index (χ2n) is 8.94. The third-order valence-electron chi connectivity index (χ3n) is 5.24. The van der Waals surface area contributed by atoms with Crippen molar-refractivity contribution in [1.29, 1.82) is 0 Å². The molecule has 0 amide bonds. The zero-order valence-electron chi connectivity index (χ0n) is 15.4. The third-order valence-corrected chi connectivity index (χ3v) is 5.24. The fraction of sp³-hybridized carbons (Fsp3) is 0.667. The van der Waals surface area contributed by atoms with Gasteiger partial charge >= 0.3 is 0 Å². The Morgan fingerprint density at radius 2 is 1.58 bits per heavy atom. The highest BCUT2D eigenvalue weighted by Crippen LogP contribution is 2.35. The second-order valence-corrected chi connectivity index (χ2v) is 8.94. The van der Waals surface area contributed by atoms with Gasteiger partial charge in [0.25, 0.3) is 0 Å². The van der Waals surface area contributed by atoms with E-state index in [9.17, 15) is 0 Å². The summed E-state index contributed by atoms with van der Waals surface area (Å²) in [4.78, 5) is 2.52. The molecule has 2 aliphatic heterocycles. The molecule has 0 saturated heterocycles. The maximum Gasteiger partial charge on any atom is 0.0739 e. The summed E-state index contributed by atoms with van der Waals surface area (Å²) in [5.41, 5.74) is 7.84. The Labute approximate surface area is 143 Å². The lowest BCUT2D eigenvalue weighted by Crippen LogP contribution is -2.35. The summed E-state index contributed by atoms with van der Waals surface area (Å²) in [5.74, 6) is 0. The summed E-state index contributed by atoms with van der Waals surface area (Å²) < 4.78 is 0. The molecule has 24 heavy (non-hydrogen) atoms. The van der Waals surface area contributed by atoms with Crippen LogP contribution in [0.15, 0.2) is 0 Å². The van der Waals surface area contributed by atoms with Crippen LogP contribution < -0.4 is 5.32 Å². The first-order chi connectivity index (χ1) is 11.3. The maximum absolute atomic E-state index is 4.63. The Hall–Kier alpha value is -1.66. The van der Waals surface area contributed by atoms with Crippen LogP contribution in [0, 0.1) is 0 Å². The molecular formula is C18H28N6. The molecule has 0 atom stereocenters. The Morgan fingerprint density at radius 3 is 2.33 bits per heavy atom. The maximum atomic E-state index is 4.63. The number of aromatic nitrogens is 4. The van der Waals surface area contributed by atoms with Crippen molar-refractivity contribution in [2.75, 3.05) is 6.54 Å². The molecule has 6 heteroatoms. The van der Waals surface area contributed by atoms with E-state index in [2.05, 4.69) is 65.2 Å². The van der Waals surface area contributed by atoms with Gasteiger partial charge in [-0.3, -0.25) is 15.1 Å². The van der Waals surface area contributed by atoms with Crippen molar-refractivity contribution in [3.05, 3.63) is 33.9 Å². The number of H-pyrrole nitrogens is 2. The minimum atomic E-state index is 0.0227. The molecule has 0 fully saturated rings. The molecule has 6 nitrogen and oxygen atoms in total. The van der Waals surface area contributed by atoms with E-state index >= 15 is 0 Å². The number of hydrogen-bond acceptors (Lipinski definition) is 4. The topological polar surface area (TPSA) is 72.6 Å². The van der Waals surface area contributed by atoms with Crippen LogP contribution in [-0.4, -0.2) is 31.8 Å². The van der Waals surface area contributed by atoms with Gasteiger partial charge in [0, 0.05) is 54.7 Å². The van der Waals surface area contributed by atoms with E-state index in [0.717, 1.165) is 32.7 Å². The summed E-state index contributed by atoms with van der Waals surface area (Å²) >= 11 is 0. The first-order valence-electron chi connectivity index (χ1n) is 8.82. The molecule has 0 spiro atoms. The van der Waals surface area contributed by atoms with Crippen molar-refractivity contribution >= 4 is 0 Å². The molecule has 0 unspecified atom stereocenters. The molecule has 3 N–H and O–H groups in total. The van der Waals surface area contributed by atoms with Gasteiger partial charge in [-0.15, -0.1) is 0 Å². The van der Waals surface area contributed by atoms with Gasteiger partial charge in [-0.1, -0.05) is 34.6 Å². The molecule has 2 aliphatic rings. The molecule has 2 aromatic rings. The van der Waals surface area contributed by atoms with Gasteiger partial charge in [0.1, 0.15) is 0 Å². The number of nitrogens with zero attached hydrogens (tertiary/aromatic N) is 3. The minimum Gasteiger partial charge on any atom is -0.307 e. The standard InChI is InChI=1S/C18H28N6/c1-17(2,3)15-12-8-24(9-14(12)21-22-15)10-18(4,5)16-11-6-19-7-13(11)20-23-16/h19H,6-10H2,1-5H3,(H,20,23)(H,21,22). The number of fused-ring (bicyclic) bond motifs is 2.